The molecule has 3 heterocycles. The fourth-order valence-electron chi connectivity index (χ4n) is 4.25. The Hall–Kier alpha value is -4.30. The van der Waals surface area contributed by atoms with Gasteiger partial charge in [0.15, 0.2) is 12.3 Å². The fraction of sp³-hybridized carbons (Fsp3) is 0.143. The largest absolute Gasteiger partial charge is 0.452 e. The van der Waals surface area contributed by atoms with E-state index in [2.05, 4.69) is 15.7 Å². The third kappa shape index (κ3) is 4.38. The van der Waals surface area contributed by atoms with E-state index in [1.165, 1.54) is 9.56 Å². The molecule has 0 bridgehead atoms. The van der Waals surface area contributed by atoms with Gasteiger partial charge < -0.3 is 9.30 Å². The Morgan fingerprint density at radius 1 is 0.944 bits per heavy atom. The molecule has 0 spiro atoms. The maximum Gasteiger partial charge on any atom is 0.359 e. The molecule has 8 heteroatoms. The number of para-hydroxylation sites is 1. The highest BCUT2D eigenvalue weighted by Crippen LogP contribution is 2.21. The highest BCUT2D eigenvalue weighted by atomic mass is 32.1. The van der Waals surface area contributed by atoms with Gasteiger partial charge in [-0.15, -0.1) is 11.3 Å². The topological polar surface area (TPSA) is 83.2 Å². The van der Waals surface area contributed by atoms with Gasteiger partial charge in [0.2, 0.25) is 5.78 Å². The van der Waals surface area contributed by atoms with Gasteiger partial charge in [-0.25, -0.2) is 4.79 Å². The van der Waals surface area contributed by atoms with Crippen molar-refractivity contribution in [2.45, 2.75) is 20.4 Å². The van der Waals surface area contributed by atoms with Gasteiger partial charge in [-0.1, -0.05) is 42.5 Å². The van der Waals surface area contributed by atoms with Gasteiger partial charge in [0.25, 0.3) is 5.56 Å². The second-order valence-electron chi connectivity index (χ2n) is 8.40. The first-order valence-corrected chi connectivity index (χ1v) is 12.3. The molecule has 0 atom stereocenters. The molecule has 180 valence electrons. The summed E-state index contributed by atoms with van der Waals surface area (Å²) >= 11 is 1.66. The molecule has 0 aliphatic rings. The van der Waals surface area contributed by atoms with Crippen molar-refractivity contribution < 1.29 is 14.3 Å². The van der Waals surface area contributed by atoms with E-state index >= 15 is 0 Å². The molecule has 3 aromatic heterocycles. The van der Waals surface area contributed by atoms with E-state index in [4.69, 9.17) is 4.74 Å². The first kappa shape index (κ1) is 23.4. The number of hydrogen-bond donors (Lipinski definition) is 0. The van der Waals surface area contributed by atoms with Crippen molar-refractivity contribution in [2.24, 2.45) is 0 Å². The molecule has 0 N–H and O–H groups in total. The summed E-state index contributed by atoms with van der Waals surface area (Å²) in [6.45, 7) is 4.09. The molecule has 36 heavy (non-hydrogen) atoms. The quantitative estimate of drug-likeness (QED) is 0.235. The van der Waals surface area contributed by atoms with Crippen LogP contribution in [-0.2, 0) is 11.3 Å². The van der Waals surface area contributed by atoms with Gasteiger partial charge in [-0.05, 0) is 49.6 Å². The number of carbonyl (C=O) groups is 2. The summed E-state index contributed by atoms with van der Waals surface area (Å²) in [5.74, 6) is -1.06. The predicted octanol–water partition coefficient (Wildman–Crippen LogP) is 4.95. The summed E-state index contributed by atoms with van der Waals surface area (Å²) in [7, 11) is 0. The number of thiophene rings is 1. The van der Waals surface area contributed by atoms with Crippen molar-refractivity contribution in [3.63, 3.8) is 0 Å². The highest BCUT2D eigenvalue weighted by Gasteiger charge is 2.22. The van der Waals surface area contributed by atoms with Gasteiger partial charge in [-0.3, -0.25) is 9.59 Å². The minimum atomic E-state index is -0.767. The van der Waals surface area contributed by atoms with E-state index in [0.29, 0.717) is 28.6 Å². The molecule has 0 aliphatic heterocycles. The van der Waals surface area contributed by atoms with Crippen LogP contribution in [0.3, 0.4) is 0 Å². The van der Waals surface area contributed by atoms with Crippen LogP contribution in [0.4, 0.5) is 0 Å². The Balaban J connectivity index is 1.41. The minimum Gasteiger partial charge on any atom is -0.452 e. The molecule has 2 aromatic carbocycles. The number of esters is 1. The number of aryl methyl sites for hydroxylation is 1. The number of rotatable bonds is 7. The molecule has 0 aliphatic carbocycles. The second-order valence-corrected chi connectivity index (χ2v) is 9.43. The number of hydrogen-bond acceptors (Lipinski definition) is 6. The summed E-state index contributed by atoms with van der Waals surface area (Å²) < 4.78 is 8.67. The minimum absolute atomic E-state index is 0.0231. The zero-order valence-electron chi connectivity index (χ0n) is 19.8. The summed E-state index contributed by atoms with van der Waals surface area (Å²) in [5.41, 5.74) is 2.45. The van der Waals surface area contributed by atoms with Crippen LogP contribution in [-0.4, -0.2) is 32.7 Å². The number of aromatic nitrogens is 3. The summed E-state index contributed by atoms with van der Waals surface area (Å²) in [4.78, 5) is 40.3. The maximum absolute atomic E-state index is 13.1. The smallest absolute Gasteiger partial charge is 0.359 e. The number of ketones is 1. The van der Waals surface area contributed by atoms with E-state index in [1.807, 2.05) is 37.4 Å². The molecule has 0 saturated carbocycles. The summed E-state index contributed by atoms with van der Waals surface area (Å²) in [6, 6.07) is 21.5. The summed E-state index contributed by atoms with van der Waals surface area (Å²) in [6.07, 6.45) is 0. The zero-order valence-corrected chi connectivity index (χ0v) is 20.6. The Bertz CT molecular complexity index is 1630. The van der Waals surface area contributed by atoms with Crippen LogP contribution in [0.5, 0.6) is 0 Å². The lowest BCUT2D eigenvalue weighted by atomic mass is 10.1. The highest BCUT2D eigenvalue weighted by molar-refractivity contribution is 7.09. The van der Waals surface area contributed by atoms with Crippen molar-refractivity contribution >= 4 is 33.9 Å². The Morgan fingerprint density at radius 2 is 1.67 bits per heavy atom. The SMILES string of the molecule is Cc1cc(C(=O)COC(=O)c2nn(-c3ccccc3)c(=O)c3ccccc23)c(C)n1Cc1cccs1. The lowest BCUT2D eigenvalue weighted by molar-refractivity contribution is 0.0469. The zero-order chi connectivity index (χ0) is 25.2. The van der Waals surface area contributed by atoms with Crippen molar-refractivity contribution in [3.05, 3.63) is 116 Å². The van der Waals surface area contributed by atoms with Crippen LogP contribution in [0.25, 0.3) is 16.5 Å². The fourth-order valence-corrected chi connectivity index (χ4v) is 4.94. The first-order chi connectivity index (χ1) is 17.4. The van der Waals surface area contributed by atoms with Crippen molar-refractivity contribution in [1.82, 2.24) is 14.3 Å². The molecule has 5 aromatic rings. The van der Waals surface area contributed by atoms with Crippen molar-refractivity contribution in [3.8, 4) is 5.69 Å². The number of carbonyl (C=O) groups excluding carboxylic acids is 2. The molecular weight excluding hydrogens is 474 g/mol. The Kier molecular flexibility index (Phi) is 6.35. The monoisotopic (exact) mass is 497 g/mol. The van der Waals surface area contributed by atoms with Gasteiger partial charge >= 0.3 is 5.97 Å². The van der Waals surface area contributed by atoms with Crippen LogP contribution in [0.2, 0.25) is 0 Å². The number of Topliss-reactive ketones (excluding diaryl/α,β-unsaturated/α-hetero) is 1. The van der Waals surface area contributed by atoms with Crippen LogP contribution < -0.4 is 5.56 Å². The van der Waals surface area contributed by atoms with E-state index in [-0.39, 0.29) is 17.0 Å². The summed E-state index contributed by atoms with van der Waals surface area (Å²) in [5, 5.41) is 7.05. The Morgan fingerprint density at radius 3 is 2.39 bits per heavy atom. The molecule has 0 amide bonds. The lowest BCUT2D eigenvalue weighted by Crippen LogP contribution is -2.26. The molecular formula is C28H23N3O4S. The molecule has 7 nitrogen and oxygen atoms in total. The molecule has 5 rings (SSSR count). The standard InChI is InChI=1S/C28H23N3O4S/c1-18-15-24(19(2)30(18)16-21-11-8-14-36-21)25(32)17-35-28(34)26-22-12-6-7-13-23(22)27(33)31(29-26)20-9-4-3-5-10-20/h3-15H,16-17H2,1-2H3. The molecule has 0 fully saturated rings. The molecule has 0 unspecified atom stereocenters. The average molecular weight is 498 g/mol. The predicted molar refractivity (Wildman–Crippen MR) is 139 cm³/mol. The van der Waals surface area contributed by atoms with Crippen LogP contribution in [0.1, 0.15) is 37.1 Å². The number of ether oxygens (including phenoxy) is 1. The number of fused-ring (bicyclic) bond motifs is 1. The third-order valence-corrected chi connectivity index (χ3v) is 6.96. The number of nitrogens with zero attached hydrogens (tertiary/aromatic N) is 3. The van der Waals surface area contributed by atoms with Gasteiger partial charge in [0.1, 0.15) is 0 Å². The van der Waals surface area contributed by atoms with E-state index in [9.17, 15) is 14.4 Å². The van der Waals surface area contributed by atoms with Crippen LogP contribution >= 0.6 is 11.3 Å². The average Bonchev–Trinajstić information content (AvgIpc) is 3.52. The normalized spacial score (nSPS) is 11.1. The van der Waals surface area contributed by atoms with Crippen LogP contribution in [0, 0.1) is 13.8 Å². The second kappa shape index (κ2) is 9.75. The Labute approximate surface area is 211 Å². The van der Waals surface area contributed by atoms with Crippen molar-refractivity contribution in [2.75, 3.05) is 6.61 Å². The van der Waals surface area contributed by atoms with Gasteiger partial charge in [0.05, 0.1) is 17.6 Å². The van der Waals surface area contributed by atoms with E-state index in [0.717, 1.165) is 11.4 Å². The van der Waals surface area contributed by atoms with E-state index in [1.54, 1.807) is 59.9 Å². The molecule has 0 radical (unpaired) electrons. The first-order valence-electron chi connectivity index (χ1n) is 11.4. The number of benzene rings is 2. The molecule has 0 saturated heterocycles. The van der Waals surface area contributed by atoms with Gasteiger partial charge in [0, 0.05) is 27.2 Å². The maximum atomic E-state index is 13.1. The van der Waals surface area contributed by atoms with E-state index < -0.39 is 12.6 Å². The third-order valence-electron chi connectivity index (χ3n) is 6.10. The lowest BCUT2D eigenvalue weighted by Gasteiger charge is -2.11. The van der Waals surface area contributed by atoms with Crippen molar-refractivity contribution in [1.29, 1.82) is 0 Å². The van der Waals surface area contributed by atoms with Gasteiger partial charge in [-0.2, -0.15) is 9.78 Å². The van der Waals surface area contributed by atoms with Crippen LogP contribution in [0.15, 0.2) is 83.0 Å².